The molecule has 0 aliphatic heterocycles. The van der Waals surface area contributed by atoms with Crippen LogP contribution in [0.25, 0.3) is 0 Å². The van der Waals surface area contributed by atoms with E-state index in [1.54, 1.807) is 19.4 Å². The lowest BCUT2D eigenvalue weighted by Gasteiger charge is -2.58. The molecule has 0 radical (unpaired) electrons. The Morgan fingerprint density at radius 2 is 1.83 bits per heavy atom. The molecule has 0 bridgehead atoms. The minimum Gasteiger partial charge on any atom is -0.462 e. The number of ether oxygens (including phenoxy) is 1. The van der Waals surface area contributed by atoms with Crippen molar-refractivity contribution in [1.82, 2.24) is 0 Å². The monoisotopic (exact) mass is 486 g/mol. The fourth-order valence-corrected chi connectivity index (χ4v) is 9.13. The van der Waals surface area contributed by atoms with Gasteiger partial charge in [0.1, 0.15) is 6.10 Å². The first-order valence-electron chi connectivity index (χ1n) is 14.9. The summed E-state index contributed by atoms with van der Waals surface area (Å²) in [6, 6.07) is 0. The third kappa shape index (κ3) is 5.01. The molecular formula is C32H54O3. The Morgan fingerprint density at radius 1 is 1.09 bits per heavy atom. The second-order valence-electron chi connectivity index (χ2n) is 14.6. The van der Waals surface area contributed by atoms with E-state index >= 15 is 0 Å². The molecular weight excluding hydrogens is 432 g/mol. The summed E-state index contributed by atoms with van der Waals surface area (Å²) < 4.78 is 5.91. The number of esters is 1. The highest BCUT2D eigenvalue weighted by atomic mass is 16.5. The molecule has 0 spiro atoms. The molecule has 3 fully saturated rings. The molecule has 0 amide bonds. The highest BCUT2D eigenvalue weighted by Gasteiger charge is 2.59. The van der Waals surface area contributed by atoms with Crippen LogP contribution < -0.4 is 0 Å². The number of aliphatic hydroxyl groups is 1. The van der Waals surface area contributed by atoms with Gasteiger partial charge in [-0.1, -0.05) is 65.5 Å². The van der Waals surface area contributed by atoms with Gasteiger partial charge >= 0.3 is 5.97 Å². The van der Waals surface area contributed by atoms with E-state index in [0.29, 0.717) is 5.41 Å². The van der Waals surface area contributed by atoms with Crippen molar-refractivity contribution in [2.45, 2.75) is 125 Å². The Kier molecular flexibility index (Phi) is 7.89. The molecule has 0 aromatic carbocycles. The molecule has 0 aromatic rings. The molecule has 0 heterocycles. The Hall–Kier alpha value is -0.830. The maximum absolute atomic E-state index is 12.6. The van der Waals surface area contributed by atoms with Gasteiger partial charge < -0.3 is 9.84 Å². The van der Waals surface area contributed by atoms with Gasteiger partial charge in [0.25, 0.3) is 0 Å². The summed E-state index contributed by atoms with van der Waals surface area (Å²) >= 11 is 0. The average molecular weight is 487 g/mol. The summed E-state index contributed by atoms with van der Waals surface area (Å²) in [6.45, 7) is 15.9. The van der Waals surface area contributed by atoms with Gasteiger partial charge in [0, 0.05) is 6.42 Å². The van der Waals surface area contributed by atoms with Gasteiger partial charge in [-0.3, -0.25) is 4.79 Å². The van der Waals surface area contributed by atoms with Crippen molar-refractivity contribution in [2.24, 2.45) is 51.8 Å². The third-order valence-electron chi connectivity index (χ3n) is 11.5. The minimum absolute atomic E-state index is 0.0272. The molecule has 200 valence electrons. The molecule has 4 aliphatic rings. The number of carbonyl (C=O) groups is 1. The molecule has 3 saturated carbocycles. The fraction of sp³-hybridized carbons (Fsp3) is 0.906. The summed E-state index contributed by atoms with van der Waals surface area (Å²) in [5.41, 5.74) is 1.55. The first-order valence-corrected chi connectivity index (χ1v) is 14.9. The van der Waals surface area contributed by atoms with Gasteiger partial charge in [0.15, 0.2) is 0 Å². The highest BCUT2D eigenvalue weighted by molar-refractivity contribution is 5.76. The first kappa shape index (κ1) is 27.2. The van der Waals surface area contributed by atoms with Crippen LogP contribution in [0.3, 0.4) is 0 Å². The maximum Gasteiger partial charge on any atom is 0.314 e. The Labute approximate surface area is 215 Å². The second-order valence-corrected chi connectivity index (χ2v) is 14.6. The fourth-order valence-electron chi connectivity index (χ4n) is 9.13. The van der Waals surface area contributed by atoms with E-state index < -0.39 is 5.41 Å². The Bertz CT molecular complexity index is 797. The molecule has 1 N–H and O–H groups in total. The van der Waals surface area contributed by atoms with Crippen molar-refractivity contribution in [3.05, 3.63) is 11.6 Å². The SMILES string of the molecule is CC(C)CCC[C@@H](C)[C@H]1CC[C@H]2[C@@H]3CC=C4C[C@@H](OC(=O)C(C)(C)CO)CC[C@]4(C)[C@H]3CC[C@]12C. The van der Waals surface area contributed by atoms with Crippen LogP contribution in [0.15, 0.2) is 11.6 Å². The molecule has 4 rings (SSSR count). The molecule has 0 unspecified atom stereocenters. The van der Waals surface area contributed by atoms with E-state index in [-0.39, 0.29) is 24.1 Å². The molecule has 3 nitrogen and oxygen atoms in total. The van der Waals surface area contributed by atoms with Crippen LogP contribution in [0.5, 0.6) is 0 Å². The first-order chi connectivity index (χ1) is 16.4. The molecule has 0 aromatic heterocycles. The number of allylic oxidation sites excluding steroid dienone is 1. The molecule has 8 atom stereocenters. The van der Waals surface area contributed by atoms with E-state index in [1.165, 1.54) is 51.4 Å². The van der Waals surface area contributed by atoms with Crippen molar-refractivity contribution >= 4 is 5.97 Å². The zero-order valence-electron chi connectivity index (χ0n) is 23.9. The van der Waals surface area contributed by atoms with Crippen molar-refractivity contribution in [3.63, 3.8) is 0 Å². The Morgan fingerprint density at radius 3 is 2.51 bits per heavy atom. The van der Waals surface area contributed by atoms with Crippen molar-refractivity contribution in [3.8, 4) is 0 Å². The van der Waals surface area contributed by atoms with Crippen LogP contribution >= 0.6 is 0 Å². The average Bonchev–Trinajstić information content (AvgIpc) is 3.16. The number of carbonyl (C=O) groups excluding carboxylic acids is 1. The summed E-state index contributed by atoms with van der Waals surface area (Å²) in [7, 11) is 0. The van der Waals surface area contributed by atoms with Gasteiger partial charge in [0.05, 0.1) is 12.0 Å². The van der Waals surface area contributed by atoms with Crippen LogP contribution in [-0.4, -0.2) is 23.8 Å². The zero-order chi connectivity index (χ0) is 25.6. The quantitative estimate of drug-likeness (QED) is 0.280. The normalized spacial score (nSPS) is 39.9. The largest absolute Gasteiger partial charge is 0.462 e. The van der Waals surface area contributed by atoms with E-state index in [1.807, 2.05) is 0 Å². The number of hydrogen-bond donors (Lipinski definition) is 1. The molecule has 4 aliphatic carbocycles. The minimum atomic E-state index is -0.814. The van der Waals surface area contributed by atoms with Gasteiger partial charge in [-0.25, -0.2) is 0 Å². The van der Waals surface area contributed by atoms with Crippen LogP contribution in [0.1, 0.15) is 119 Å². The lowest BCUT2D eigenvalue weighted by atomic mass is 9.47. The van der Waals surface area contributed by atoms with Crippen LogP contribution in [0.2, 0.25) is 0 Å². The summed E-state index contributed by atoms with van der Waals surface area (Å²) in [6.07, 6.45) is 16.6. The van der Waals surface area contributed by atoms with Crippen molar-refractivity contribution in [1.29, 1.82) is 0 Å². The summed E-state index contributed by atoms with van der Waals surface area (Å²) in [4.78, 5) is 12.6. The van der Waals surface area contributed by atoms with E-state index in [2.05, 4.69) is 40.7 Å². The van der Waals surface area contributed by atoms with E-state index in [4.69, 9.17) is 4.74 Å². The van der Waals surface area contributed by atoms with Gasteiger partial charge in [-0.15, -0.1) is 0 Å². The van der Waals surface area contributed by atoms with Crippen LogP contribution in [0, 0.1) is 51.8 Å². The van der Waals surface area contributed by atoms with E-state index in [9.17, 15) is 9.90 Å². The third-order valence-corrected chi connectivity index (χ3v) is 11.5. The van der Waals surface area contributed by atoms with Crippen LogP contribution in [0.4, 0.5) is 0 Å². The summed E-state index contributed by atoms with van der Waals surface area (Å²) in [5.74, 6) is 4.85. The van der Waals surface area contributed by atoms with Gasteiger partial charge in [0.2, 0.25) is 0 Å². The topological polar surface area (TPSA) is 46.5 Å². The number of fused-ring (bicyclic) bond motifs is 5. The Balaban J connectivity index is 1.44. The number of rotatable bonds is 8. The zero-order valence-corrected chi connectivity index (χ0v) is 23.9. The van der Waals surface area contributed by atoms with E-state index in [0.717, 1.165) is 54.8 Å². The van der Waals surface area contributed by atoms with Crippen LogP contribution in [-0.2, 0) is 9.53 Å². The molecule has 35 heavy (non-hydrogen) atoms. The predicted octanol–water partition coefficient (Wildman–Crippen LogP) is 7.96. The predicted molar refractivity (Wildman–Crippen MR) is 144 cm³/mol. The smallest absolute Gasteiger partial charge is 0.314 e. The maximum atomic E-state index is 12.6. The number of hydrogen-bond acceptors (Lipinski definition) is 3. The lowest BCUT2D eigenvalue weighted by molar-refractivity contribution is -0.164. The highest BCUT2D eigenvalue weighted by Crippen LogP contribution is 2.67. The standard InChI is InChI=1S/C32H54O3/c1-21(2)9-8-10-22(3)26-13-14-27-25-12-11-23-19-24(35-29(34)30(4,5)20-33)15-17-31(23,6)28(25)16-18-32(26,27)7/h11,21-22,24-28,33H,8-10,12-20H2,1-7H3/t22-,24+,25+,26-,27+,28+,31+,32-/m1/s1. The van der Waals surface area contributed by atoms with Gasteiger partial charge in [-0.2, -0.15) is 0 Å². The molecule has 0 saturated heterocycles. The van der Waals surface area contributed by atoms with Gasteiger partial charge in [-0.05, 0) is 105 Å². The summed E-state index contributed by atoms with van der Waals surface area (Å²) in [5, 5.41) is 9.55. The van der Waals surface area contributed by atoms with Crippen molar-refractivity contribution < 1.29 is 14.6 Å². The van der Waals surface area contributed by atoms with Crippen molar-refractivity contribution in [2.75, 3.05) is 6.61 Å². The number of aliphatic hydroxyl groups excluding tert-OH is 1. The lowest BCUT2D eigenvalue weighted by Crippen LogP contribution is -2.51. The molecule has 3 heteroatoms. The second kappa shape index (κ2) is 10.1.